The van der Waals surface area contributed by atoms with Crippen LogP contribution >= 0.6 is 15.9 Å². The molecule has 1 aliphatic rings. The van der Waals surface area contributed by atoms with Crippen LogP contribution in [-0.2, 0) is 0 Å². The van der Waals surface area contributed by atoms with Gasteiger partial charge in [-0.2, -0.15) is 0 Å². The maximum atomic E-state index is 5.78. The van der Waals surface area contributed by atoms with Gasteiger partial charge in [0.2, 0.25) is 0 Å². The van der Waals surface area contributed by atoms with Crippen LogP contribution in [0, 0.1) is 0 Å². The van der Waals surface area contributed by atoms with E-state index >= 15 is 0 Å². The van der Waals surface area contributed by atoms with E-state index in [9.17, 15) is 0 Å². The van der Waals surface area contributed by atoms with Crippen molar-refractivity contribution in [1.29, 1.82) is 0 Å². The molecule has 0 radical (unpaired) electrons. The van der Waals surface area contributed by atoms with Gasteiger partial charge >= 0.3 is 0 Å². The molecule has 0 unspecified atom stereocenters. The van der Waals surface area contributed by atoms with Gasteiger partial charge in [-0.15, -0.1) is 0 Å². The summed E-state index contributed by atoms with van der Waals surface area (Å²) in [4.78, 5) is 4.31. The first-order chi connectivity index (χ1) is 7.33. The van der Waals surface area contributed by atoms with Crippen molar-refractivity contribution in [3.8, 4) is 5.75 Å². The molecule has 2 nitrogen and oxygen atoms in total. The molecule has 1 aromatic carbocycles. The van der Waals surface area contributed by atoms with E-state index in [2.05, 4.69) is 27.0 Å². The molecule has 0 N–H and O–H groups in total. The molecular weight excluding hydrogens is 254 g/mol. The van der Waals surface area contributed by atoms with Crippen molar-refractivity contribution in [2.45, 2.75) is 18.9 Å². The Kier molecular flexibility index (Phi) is 2.13. The number of halogens is 1. The second-order valence-corrected chi connectivity index (χ2v) is 4.65. The maximum Gasteiger partial charge on any atom is 0.136 e. The van der Waals surface area contributed by atoms with Gasteiger partial charge in [-0.25, -0.2) is 0 Å². The Hall–Kier alpha value is -1.09. The third-order valence-electron chi connectivity index (χ3n) is 2.47. The zero-order valence-corrected chi connectivity index (χ0v) is 9.70. The minimum absolute atomic E-state index is 0.419. The minimum atomic E-state index is 0.419. The Morgan fingerprint density at radius 3 is 3.00 bits per heavy atom. The van der Waals surface area contributed by atoms with Gasteiger partial charge in [-0.3, -0.25) is 4.98 Å². The normalized spacial score (nSPS) is 15.5. The molecule has 15 heavy (non-hydrogen) atoms. The summed E-state index contributed by atoms with van der Waals surface area (Å²) in [5.74, 6) is 0.906. The van der Waals surface area contributed by atoms with Crippen molar-refractivity contribution in [3.63, 3.8) is 0 Å². The summed E-state index contributed by atoms with van der Waals surface area (Å²) >= 11 is 3.52. The predicted octanol–water partition coefficient (Wildman–Crippen LogP) is 3.54. The molecule has 0 amide bonds. The third-order valence-corrected chi connectivity index (χ3v) is 3.09. The summed E-state index contributed by atoms with van der Waals surface area (Å²) in [7, 11) is 0. The number of aromatic nitrogens is 1. The van der Waals surface area contributed by atoms with Crippen LogP contribution in [0.1, 0.15) is 12.8 Å². The topological polar surface area (TPSA) is 22.1 Å². The van der Waals surface area contributed by atoms with E-state index in [4.69, 9.17) is 4.74 Å². The number of hydrogen-bond donors (Lipinski definition) is 0. The molecule has 0 bridgehead atoms. The van der Waals surface area contributed by atoms with Gasteiger partial charge in [0.25, 0.3) is 0 Å². The van der Waals surface area contributed by atoms with E-state index in [0.717, 1.165) is 21.1 Å². The molecule has 1 aliphatic carbocycles. The Labute approximate surface area is 96.4 Å². The molecule has 3 rings (SSSR count). The quantitative estimate of drug-likeness (QED) is 0.827. The van der Waals surface area contributed by atoms with E-state index < -0.39 is 0 Å². The highest BCUT2D eigenvalue weighted by Crippen LogP contribution is 2.34. The van der Waals surface area contributed by atoms with Crippen molar-refractivity contribution in [1.82, 2.24) is 4.98 Å². The van der Waals surface area contributed by atoms with Gasteiger partial charge in [0.05, 0.1) is 16.1 Å². The largest absolute Gasteiger partial charge is 0.489 e. The summed E-state index contributed by atoms with van der Waals surface area (Å²) in [5, 5.41) is 1.13. The molecule has 3 heteroatoms. The lowest BCUT2D eigenvalue weighted by atomic mass is 10.2. The molecule has 1 aromatic heterocycles. The summed E-state index contributed by atoms with van der Waals surface area (Å²) in [6.45, 7) is 0. The summed E-state index contributed by atoms with van der Waals surface area (Å²) in [6, 6.07) is 8.04. The highest BCUT2D eigenvalue weighted by Gasteiger charge is 2.24. The molecule has 1 saturated carbocycles. The first-order valence-corrected chi connectivity index (χ1v) is 5.83. The van der Waals surface area contributed by atoms with Gasteiger partial charge in [-0.05, 0) is 40.9 Å². The summed E-state index contributed by atoms with van der Waals surface area (Å²) in [5.41, 5.74) is 0.983. The van der Waals surface area contributed by atoms with Crippen LogP contribution in [0.2, 0.25) is 0 Å². The van der Waals surface area contributed by atoms with Gasteiger partial charge < -0.3 is 4.74 Å². The monoisotopic (exact) mass is 263 g/mol. The standard InChI is InChI=1S/C12H10BrNO/c13-10-6-8-2-1-5-14-11(8)7-12(10)15-9-3-4-9/h1-2,5-7,9H,3-4H2. The minimum Gasteiger partial charge on any atom is -0.489 e. The van der Waals surface area contributed by atoms with Gasteiger partial charge in [0, 0.05) is 17.6 Å². The number of pyridine rings is 1. The fraction of sp³-hybridized carbons (Fsp3) is 0.250. The average Bonchev–Trinajstić information content (AvgIpc) is 3.03. The number of hydrogen-bond acceptors (Lipinski definition) is 2. The highest BCUT2D eigenvalue weighted by molar-refractivity contribution is 9.10. The van der Waals surface area contributed by atoms with Crippen molar-refractivity contribution >= 4 is 26.8 Å². The zero-order valence-electron chi connectivity index (χ0n) is 8.11. The van der Waals surface area contributed by atoms with Gasteiger partial charge in [0.1, 0.15) is 5.75 Å². The van der Waals surface area contributed by atoms with Crippen LogP contribution in [0.25, 0.3) is 10.9 Å². The first kappa shape index (κ1) is 9.16. The number of fused-ring (bicyclic) bond motifs is 1. The molecule has 0 aliphatic heterocycles. The Morgan fingerprint density at radius 1 is 1.33 bits per heavy atom. The molecule has 1 fully saturated rings. The summed E-state index contributed by atoms with van der Waals surface area (Å²) in [6.07, 6.45) is 4.57. The second-order valence-electron chi connectivity index (χ2n) is 3.80. The van der Waals surface area contributed by atoms with Crippen LogP contribution in [0.15, 0.2) is 34.9 Å². The van der Waals surface area contributed by atoms with E-state index in [0.29, 0.717) is 6.10 Å². The number of ether oxygens (including phenoxy) is 1. The lowest BCUT2D eigenvalue weighted by molar-refractivity contribution is 0.301. The third kappa shape index (κ3) is 1.84. The fourth-order valence-corrected chi connectivity index (χ4v) is 1.98. The molecule has 0 atom stereocenters. The van der Waals surface area contributed by atoms with E-state index in [1.807, 2.05) is 18.2 Å². The van der Waals surface area contributed by atoms with E-state index in [1.165, 1.54) is 12.8 Å². The molecule has 76 valence electrons. The van der Waals surface area contributed by atoms with Crippen molar-refractivity contribution < 1.29 is 4.74 Å². The second kappa shape index (κ2) is 3.49. The van der Waals surface area contributed by atoms with Crippen LogP contribution in [0.5, 0.6) is 5.75 Å². The van der Waals surface area contributed by atoms with Crippen LogP contribution in [0.4, 0.5) is 0 Å². The predicted molar refractivity (Wildman–Crippen MR) is 63.1 cm³/mol. The smallest absolute Gasteiger partial charge is 0.136 e. The fourth-order valence-electron chi connectivity index (χ4n) is 1.53. The Balaban J connectivity index is 2.08. The number of rotatable bonds is 2. The number of benzene rings is 1. The Morgan fingerprint density at radius 2 is 2.20 bits per heavy atom. The molecule has 0 spiro atoms. The lowest BCUT2D eigenvalue weighted by Gasteiger charge is -2.07. The van der Waals surface area contributed by atoms with E-state index in [-0.39, 0.29) is 0 Å². The van der Waals surface area contributed by atoms with Crippen LogP contribution in [0.3, 0.4) is 0 Å². The zero-order chi connectivity index (χ0) is 10.3. The maximum absolute atomic E-state index is 5.78. The van der Waals surface area contributed by atoms with Gasteiger partial charge in [-0.1, -0.05) is 6.07 Å². The van der Waals surface area contributed by atoms with Crippen molar-refractivity contribution in [2.75, 3.05) is 0 Å². The van der Waals surface area contributed by atoms with Crippen molar-refractivity contribution in [2.24, 2.45) is 0 Å². The SMILES string of the molecule is Brc1cc2cccnc2cc1OC1CC1. The first-order valence-electron chi connectivity index (χ1n) is 5.04. The number of nitrogens with zero attached hydrogens (tertiary/aromatic N) is 1. The van der Waals surface area contributed by atoms with E-state index in [1.54, 1.807) is 6.20 Å². The van der Waals surface area contributed by atoms with Gasteiger partial charge in [0.15, 0.2) is 0 Å². The molecule has 0 saturated heterocycles. The molecule has 1 heterocycles. The average molecular weight is 264 g/mol. The molecule has 2 aromatic rings. The van der Waals surface area contributed by atoms with Crippen LogP contribution < -0.4 is 4.74 Å². The van der Waals surface area contributed by atoms with Crippen molar-refractivity contribution in [3.05, 3.63) is 34.9 Å². The lowest BCUT2D eigenvalue weighted by Crippen LogP contribution is -1.96. The highest BCUT2D eigenvalue weighted by atomic mass is 79.9. The Bertz CT molecular complexity index is 508. The summed E-state index contributed by atoms with van der Waals surface area (Å²) < 4.78 is 6.79. The van der Waals surface area contributed by atoms with Crippen LogP contribution in [-0.4, -0.2) is 11.1 Å². The molecular formula is C12H10BrNO.